The van der Waals surface area contributed by atoms with Crippen LogP contribution < -0.4 is 5.73 Å². The van der Waals surface area contributed by atoms with Crippen molar-refractivity contribution in [1.29, 1.82) is 0 Å². The molecule has 0 radical (unpaired) electrons. The first-order valence-corrected chi connectivity index (χ1v) is 10.2. The van der Waals surface area contributed by atoms with Gasteiger partial charge in [-0.2, -0.15) is 0 Å². The summed E-state index contributed by atoms with van der Waals surface area (Å²) in [5, 5.41) is 0. The Morgan fingerprint density at radius 1 is 1.26 bits per heavy atom. The number of carbonyl (C=O) groups excluding carboxylic acids is 1. The van der Waals surface area contributed by atoms with E-state index in [4.69, 9.17) is 15.2 Å². The van der Waals surface area contributed by atoms with Gasteiger partial charge in [0.1, 0.15) is 5.54 Å². The smallest absolute Gasteiger partial charge is 0.243 e. The molecule has 2 fully saturated rings. The van der Waals surface area contributed by atoms with E-state index < -0.39 is 5.54 Å². The molecule has 0 aromatic heterocycles. The summed E-state index contributed by atoms with van der Waals surface area (Å²) in [4.78, 5) is 15.0. The van der Waals surface area contributed by atoms with Gasteiger partial charge in [-0.1, -0.05) is 44.2 Å². The van der Waals surface area contributed by atoms with Gasteiger partial charge in [-0.3, -0.25) is 4.79 Å². The lowest BCUT2D eigenvalue weighted by Crippen LogP contribution is -2.75. The number of amides is 1. The fourth-order valence-corrected chi connectivity index (χ4v) is 4.30. The zero-order valence-corrected chi connectivity index (χ0v) is 16.9. The summed E-state index contributed by atoms with van der Waals surface area (Å²) < 4.78 is 11.8. The second kappa shape index (κ2) is 8.29. The van der Waals surface area contributed by atoms with E-state index in [1.54, 1.807) is 0 Å². The van der Waals surface area contributed by atoms with Gasteiger partial charge < -0.3 is 20.1 Å². The standard InChI is InChI=1S/C22H34N2O3/c1-4-26-19-15-22(23,21(19,2)3)20(25)24-13-12-18(16-24)27-14-8-11-17-9-6-5-7-10-17/h5-7,9-10,18-19H,4,8,11-16,23H2,1-3H3. The third-order valence-electron chi connectivity index (χ3n) is 6.45. The molecule has 1 aliphatic carbocycles. The molecule has 0 spiro atoms. The van der Waals surface area contributed by atoms with Gasteiger partial charge in [0, 0.05) is 38.1 Å². The van der Waals surface area contributed by atoms with Gasteiger partial charge in [0.2, 0.25) is 5.91 Å². The summed E-state index contributed by atoms with van der Waals surface area (Å²) in [5.74, 6) is 0.0545. The number of nitrogens with zero attached hydrogens (tertiary/aromatic N) is 1. The van der Waals surface area contributed by atoms with E-state index in [2.05, 4.69) is 24.3 Å². The van der Waals surface area contributed by atoms with Crippen molar-refractivity contribution in [2.75, 3.05) is 26.3 Å². The third kappa shape index (κ3) is 4.05. The van der Waals surface area contributed by atoms with Crippen molar-refractivity contribution in [3.63, 3.8) is 0 Å². The Balaban J connectivity index is 1.43. The van der Waals surface area contributed by atoms with Crippen molar-refractivity contribution in [1.82, 2.24) is 4.90 Å². The summed E-state index contributed by atoms with van der Waals surface area (Å²) in [6.45, 7) is 8.84. The summed E-state index contributed by atoms with van der Waals surface area (Å²) in [7, 11) is 0. The predicted octanol–water partition coefficient (Wildman–Crippen LogP) is 2.77. The number of rotatable bonds is 8. The SMILES string of the molecule is CCOC1CC(N)(C(=O)N2CCC(OCCCc3ccccc3)C2)C1(C)C. The fourth-order valence-electron chi connectivity index (χ4n) is 4.30. The molecule has 1 saturated carbocycles. The quantitative estimate of drug-likeness (QED) is 0.711. The average Bonchev–Trinajstić information content (AvgIpc) is 3.14. The zero-order chi connectivity index (χ0) is 19.5. The van der Waals surface area contributed by atoms with Crippen molar-refractivity contribution in [3.05, 3.63) is 35.9 Å². The Morgan fingerprint density at radius 3 is 2.67 bits per heavy atom. The number of hydrogen-bond donors (Lipinski definition) is 1. The van der Waals surface area contributed by atoms with Crippen LogP contribution in [0.1, 0.15) is 45.6 Å². The van der Waals surface area contributed by atoms with Gasteiger partial charge in [0.25, 0.3) is 0 Å². The highest BCUT2D eigenvalue weighted by Gasteiger charge is 2.64. The Hall–Kier alpha value is -1.43. The highest BCUT2D eigenvalue weighted by molar-refractivity contribution is 5.89. The van der Waals surface area contributed by atoms with E-state index >= 15 is 0 Å². The monoisotopic (exact) mass is 374 g/mol. The normalized spacial score (nSPS) is 29.6. The molecule has 3 unspecified atom stereocenters. The maximum absolute atomic E-state index is 13.1. The number of hydrogen-bond acceptors (Lipinski definition) is 4. The van der Waals surface area contributed by atoms with Crippen LogP contribution in [0.15, 0.2) is 30.3 Å². The molecule has 1 heterocycles. The highest BCUT2D eigenvalue weighted by Crippen LogP contribution is 2.50. The van der Waals surface area contributed by atoms with E-state index in [9.17, 15) is 4.79 Å². The van der Waals surface area contributed by atoms with Gasteiger partial charge >= 0.3 is 0 Å². The second-order valence-corrected chi connectivity index (χ2v) is 8.46. The molecule has 5 heteroatoms. The van der Waals surface area contributed by atoms with Crippen molar-refractivity contribution in [3.8, 4) is 0 Å². The van der Waals surface area contributed by atoms with Gasteiger partial charge in [0.05, 0.1) is 12.2 Å². The first kappa shape index (κ1) is 20.3. The molecule has 1 aromatic carbocycles. The number of benzene rings is 1. The van der Waals surface area contributed by atoms with E-state index in [1.165, 1.54) is 5.56 Å². The van der Waals surface area contributed by atoms with E-state index in [1.807, 2.05) is 31.7 Å². The van der Waals surface area contributed by atoms with Crippen LogP contribution in [0.3, 0.4) is 0 Å². The van der Waals surface area contributed by atoms with E-state index in [0.717, 1.165) is 32.4 Å². The largest absolute Gasteiger partial charge is 0.378 e. The maximum Gasteiger partial charge on any atom is 0.243 e. The Morgan fingerprint density at radius 2 is 2.00 bits per heavy atom. The molecule has 5 nitrogen and oxygen atoms in total. The lowest BCUT2D eigenvalue weighted by molar-refractivity contribution is -0.178. The maximum atomic E-state index is 13.1. The van der Waals surface area contributed by atoms with Gasteiger partial charge in [-0.15, -0.1) is 0 Å². The minimum atomic E-state index is -0.824. The van der Waals surface area contributed by atoms with Crippen LogP contribution >= 0.6 is 0 Å². The molecule has 0 bridgehead atoms. The molecule has 3 atom stereocenters. The second-order valence-electron chi connectivity index (χ2n) is 8.46. The molecular formula is C22H34N2O3. The summed E-state index contributed by atoms with van der Waals surface area (Å²) in [5.41, 5.74) is 6.72. The van der Waals surface area contributed by atoms with Crippen molar-refractivity contribution in [2.24, 2.45) is 11.1 Å². The minimum Gasteiger partial charge on any atom is -0.378 e. The average molecular weight is 375 g/mol. The number of carbonyl (C=O) groups is 1. The lowest BCUT2D eigenvalue weighted by atomic mass is 9.54. The third-order valence-corrected chi connectivity index (χ3v) is 6.45. The summed E-state index contributed by atoms with van der Waals surface area (Å²) >= 11 is 0. The number of likely N-dealkylation sites (tertiary alicyclic amines) is 1. The molecular weight excluding hydrogens is 340 g/mol. The summed E-state index contributed by atoms with van der Waals surface area (Å²) in [6.07, 6.45) is 3.70. The van der Waals surface area contributed by atoms with Crippen LogP contribution in [0.5, 0.6) is 0 Å². The van der Waals surface area contributed by atoms with Crippen LogP contribution in [0.25, 0.3) is 0 Å². The van der Waals surface area contributed by atoms with Gasteiger partial charge in [-0.25, -0.2) is 0 Å². The zero-order valence-electron chi connectivity index (χ0n) is 16.9. The van der Waals surface area contributed by atoms with Gasteiger partial charge in [0.15, 0.2) is 0 Å². The van der Waals surface area contributed by atoms with Crippen LogP contribution in [0.4, 0.5) is 0 Å². The lowest BCUT2D eigenvalue weighted by Gasteiger charge is -2.58. The molecule has 3 rings (SSSR count). The number of ether oxygens (including phenoxy) is 2. The molecule has 2 N–H and O–H groups in total. The van der Waals surface area contributed by atoms with Crippen molar-refractivity contribution >= 4 is 5.91 Å². The van der Waals surface area contributed by atoms with Crippen LogP contribution in [-0.2, 0) is 20.7 Å². The number of aryl methyl sites for hydroxylation is 1. The predicted molar refractivity (Wildman–Crippen MR) is 106 cm³/mol. The molecule has 2 aliphatic rings. The topological polar surface area (TPSA) is 64.8 Å². The Labute approximate surface area is 163 Å². The molecule has 1 amide bonds. The molecule has 1 aromatic rings. The number of nitrogens with two attached hydrogens (primary N) is 1. The molecule has 1 saturated heterocycles. The van der Waals surface area contributed by atoms with Crippen molar-refractivity contribution < 1.29 is 14.3 Å². The van der Waals surface area contributed by atoms with Gasteiger partial charge in [-0.05, 0) is 31.7 Å². The molecule has 27 heavy (non-hydrogen) atoms. The van der Waals surface area contributed by atoms with Crippen molar-refractivity contribution in [2.45, 2.75) is 64.2 Å². The summed E-state index contributed by atoms with van der Waals surface area (Å²) in [6, 6.07) is 10.5. The highest BCUT2D eigenvalue weighted by atomic mass is 16.5. The van der Waals surface area contributed by atoms with Crippen LogP contribution in [0, 0.1) is 5.41 Å². The van der Waals surface area contributed by atoms with E-state index in [0.29, 0.717) is 19.6 Å². The first-order chi connectivity index (χ1) is 12.9. The van der Waals surface area contributed by atoms with Crippen LogP contribution in [0.2, 0.25) is 0 Å². The first-order valence-electron chi connectivity index (χ1n) is 10.2. The molecule has 150 valence electrons. The fraction of sp³-hybridized carbons (Fsp3) is 0.682. The minimum absolute atomic E-state index is 0.0545. The van der Waals surface area contributed by atoms with Crippen LogP contribution in [-0.4, -0.2) is 54.9 Å². The molecule has 1 aliphatic heterocycles. The Kier molecular flexibility index (Phi) is 6.24. The Bertz CT molecular complexity index is 634. The van der Waals surface area contributed by atoms with E-state index in [-0.39, 0.29) is 23.5 Å².